The van der Waals surface area contributed by atoms with E-state index in [9.17, 15) is 9.36 Å². The number of piperazine rings is 1. The van der Waals surface area contributed by atoms with Crippen molar-refractivity contribution in [3.05, 3.63) is 51.7 Å². The van der Waals surface area contributed by atoms with Crippen molar-refractivity contribution in [2.24, 2.45) is 0 Å². The molecule has 12 nitrogen and oxygen atoms in total. The molecule has 1 saturated heterocycles. The number of rotatable bonds is 9. The zero-order valence-electron chi connectivity index (χ0n) is 20.2. The van der Waals surface area contributed by atoms with Crippen molar-refractivity contribution in [2.45, 2.75) is 13.8 Å². The standard InChI is InChI=1S/C22H27ClN7O5PS/c1-14-4-3-5-16(23)20(14)28-21(31)17-13-24-22(37-17)27-18-12-19(26-15(2)25-18)30-8-6-29(7-9-30)10-11-35-36(32,33)34/h3-5,12-13H,6-11H2,1-2H3,(H,28,31)(H2,32,33,34)(H,24,25,26,27). The van der Waals surface area contributed by atoms with Crippen LogP contribution in [0.3, 0.4) is 0 Å². The van der Waals surface area contributed by atoms with Gasteiger partial charge in [0.2, 0.25) is 0 Å². The van der Waals surface area contributed by atoms with Crippen LogP contribution in [-0.2, 0) is 9.09 Å². The zero-order valence-corrected chi connectivity index (χ0v) is 22.7. The summed E-state index contributed by atoms with van der Waals surface area (Å²) >= 11 is 7.42. The van der Waals surface area contributed by atoms with Crippen LogP contribution in [0.25, 0.3) is 0 Å². The molecule has 15 heteroatoms. The molecule has 3 heterocycles. The Morgan fingerprint density at radius 3 is 2.68 bits per heavy atom. The molecule has 1 fully saturated rings. The number of anilines is 4. The number of hydrogen-bond acceptors (Lipinski definition) is 10. The third-order valence-corrected chi connectivity index (χ3v) is 7.36. The Morgan fingerprint density at radius 2 is 1.97 bits per heavy atom. The fourth-order valence-electron chi connectivity index (χ4n) is 3.78. The highest BCUT2D eigenvalue weighted by Crippen LogP contribution is 2.35. The monoisotopic (exact) mass is 567 g/mol. The molecule has 4 N–H and O–H groups in total. The van der Waals surface area contributed by atoms with Crippen molar-refractivity contribution < 1.29 is 23.7 Å². The van der Waals surface area contributed by atoms with Gasteiger partial charge in [0.05, 0.1) is 23.5 Å². The number of benzene rings is 1. The van der Waals surface area contributed by atoms with E-state index in [4.69, 9.17) is 21.4 Å². The van der Waals surface area contributed by atoms with E-state index in [-0.39, 0.29) is 12.5 Å². The number of carbonyl (C=O) groups is 1. The first-order valence-electron chi connectivity index (χ1n) is 11.4. The SMILES string of the molecule is Cc1nc(Nc2ncc(C(=O)Nc3c(C)cccc3Cl)s2)cc(N2CCN(CCOP(=O)(O)O)CC2)n1. The van der Waals surface area contributed by atoms with E-state index in [1.54, 1.807) is 13.0 Å². The van der Waals surface area contributed by atoms with Gasteiger partial charge in [-0.25, -0.2) is 19.5 Å². The molecule has 1 aliphatic rings. The van der Waals surface area contributed by atoms with E-state index >= 15 is 0 Å². The third-order valence-electron chi connectivity index (χ3n) is 5.61. The number of phosphoric ester groups is 1. The van der Waals surface area contributed by atoms with Crippen LogP contribution in [0.1, 0.15) is 21.1 Å². The Labute approximate surface area is 222 Å². The van der Waals surface area contributed by atoms with Gasteiger partial charge in [0.25, 0.3) is 5.91 Å². The summed E-state index contributed by atoms with van der Waals surface area (Å²) in [6.07, 6.45) is 1.50. The highest BCUT2D eigenvalue weighted by atomic mass is 35.5. The van der Waals surface area contributed by atoms with Gasteiger partial charge in [0.15, 0.2) is 5.13 Å². The largest absolute Gasteiger partial charge is 0.469 e. The fraction of sp³-hybridized carbons (Fsp3) is 0.364. The smallest absolute Gasteiger partial charge is 0.354 e. The molecule has 0 spiro atoms. The Balaban J connectivity index is 1.36. The normalized spacial score (nSPS) is 14.6. The van der Waals surface area contributed by atoms with E-state index in [1.807, 2.05) is 25.1 Å². The van der Waals surface area contributed by atoms with Gasteiger partial charge in [-0.3, -0.25) is 14.2 Å². The zero-order chi connectivity index (χ0) is 26.6. The van der Waals surface area contributed by atoms with E-state index in [1.165, 1.54) is 17.5 Å². The summed E-state index contributed by atoms with van der Waals surface area (Å²) in [6, 6.07) is 7.25. The quantitative estimate of drug-likeness (QED) is 0.281. The highest BCUT2D eigenvalue weighted by Gasteiger charge is 2.21. The van der Waals surface area contributed by atoms with Crippen LogP contribution < -0.4 is 15.5 Å². The minimum absolute atomic E-state index is 0.0310. The van der Waals surface area contributed by atoms with Crippen LogP contribution in [0.2, 0.25) is 5.02 Å². The van der Waals surface area contributed by atoms with Crippen LogP contribution in [0.15, 0.2) is 30.5 Å². The molecule has 1 amide bonds. The summed E-state index contributed by atoms with van der Waals surface area (Å²) in [6.45, 7) is 6.86. The van der Waals surface area contributed by atoms with Gasteiger partial charge in [-0.2, -0.15) is 0 Å². The summed E-state index contributed by atoms with van der Waals surface area (Å²) in [4.78, 5) is 48.3. The number of nitrogens with zero attached hydrogens (tertiary/aromatic N) is 5. The molecule has 0 atom stereocenters. The average molecular weight is 568 g/mol. The number of nitrogens with one attached hydrogen (secondary N) is 2. The molecular formula is C22H27ClN7O5PS. The molecule has 0 radical (unpaired) electrons. The van der Waals surface area contributed by atoms with Crippen molar-refractivity contribution >= 4 is 59.1 Å². The molecule has 3 aromatic rings. The molecule has 0 aliphatic carbocycles. The van der Waals surface area contributed by atoms with E-state index < -0.39 is 7.82 Å². The molecule has 0 unspecified atom stereocenters. The first-order valence-corrected chi connectivity index (χ1v) is 14.1. The number of carbonyl (C=O) groups excluding carboxylic acids is 1. The van der Waals surface area contributed by atoms with E-state index in [0.717, 1.165) is 11.4 Å². The number of halogens is 1. The second-order valence-electron chi connectivity index (χ2n) is 8.35. The lowest BCUT2D eigenvalue weighted by atomic mass is 10.2. The molecule has 0 saturated carbocycles. The van der Waals surface area contributed by atoms with Crippen molar-refractivity contribution in [1.82, 2.24) is 19.9 Å². The molecule has 1 aliphatic heterocycles. The van der Waals surface area contributed by atoms with E-state index in [2.05, 4.69) is 39.9 Å². The van der Waals surface area contributed by atoms with Crippen molar-refractivity contribution in [3.8, 4) is 0 Å². The molecule has 0 bridgehead atoms. The van der Waals surface area contributed by atoms with Gasteiger partial charge < -0.3 is 25.3 Å². The maximum absolute atomic E-state index is 12.7. The number of aromatic nitrogens is 3. The Bertz CT molecular complexity index is 1290. The van der Waals surface area contributed by atoms with Gasteiger partial charge in [-0.1, -0.05) is 35.1 Å². The van der Waals surface area contributed by atoms with Crippen molar-refractivity contribution in [2.75, 3.05) is 54.9 Å². The molecule has 2 aromatic heterocycles. The number of aryl methyl sites for hydroxylation is 2. The minimum atomic E-state index is -4.45. The molecule has 4 rings (SSSR count). The summed E-state index contributed by atoms with van der Waals surface area (Å²) < 4.78 is 15.4. The van der Waals surface area contributed by atoms with Gasteiger partial charge >= 0.3 is 7.82 Å². The van der Waals surface area contributed by atoms with Gasteiger partial charge in [-0.05, 0) is 25.5 Å². The predicted molar refractivity (Wildman–Crippen MR) is 143 cm³/mol. The van der Waals surface area contributed by atoms with Crippen LogP contribution in [0.5, 0.6) is 0 Å². The Hall–Kier alpha value is -2.64. The fourth-order valence-corrected chi connectivity index (χ4v) is 5.09. The van der Waals surface area contributed by atoms with Crippen LogP contribution in [0, 0.1) is 13.8 Å². The third kappa shape index (κ3) is 7.68. The van der Waals surface area contributed by atoms with Gasteiger partial charge in [-0.15, -0.1) is 0 Å². The highest BCUT2D eigenvalue weighted by molar-refractivity contribution is 7.46. The average Bonchev–Trinajstić information content (AvgIpc) is 3.29. The number of para-hydroxylation sites is 1. The minimum Gasteiger partial charge on any atom is -0.354 e. The maximum Gasteiger partial charge on any atom is 0.469 e. The summed E-state index contributed by atoms with van der Waals surface area (Å²) in [5.74, 6) is 1.60. The first kappa shape index (κ1) is 27.4. The van der Waals surface area contributed by atoms with Crippen LogP contribution in [-0.4, -0.2) is 74.9 Å². The lowest BCUT2D eigenvalue weighted by Crippen LogP contribution is -2.47. The van der Waals surface area contributed by atoms with Crippen LogP contribution >= 0.6 is 30.8 Å². The second-order valence-corrected chi connectivity index (χ2v) is 11.0. The van der Waals surface area contributed by atoms with Gasteiger partial charge in [0, 0.05) is 38.8 Å². The van der Waals surface area contributed by atoms with E-state index in [0.29, 0.717) is 65.1 Å². The van der Waals surface area contributed by atoms with Crippen molar-refractivity contribution in [1.29, 1.82) is 0 Å². The Morgan fingerprint density at radius 1 is 1.22 bits per heavy atom. The lowest BCUT2D eigenvalue weighted by Gasteiger charge is -2.35. The summed E-state index contributed by atoms with van der Waals surface area (Å²) in [5.41, 5.74) is 1.44. The summed E-state index contributed by atoms with van der Waals surface area (Å²) in [5, 5.41) is 6.99. The molecule has 1 aromatic carbocycles. The summed E-state index contributed by atoms with van der Waals surface area (Å²) in [7, 11) is -4.45. The molecule has 37 heavy (non-hydrogen) atoms. The number of thiazole rings is 1. The van der Waals surface area contributed by atoms with Gasteiger partial charge in [0.1, 0.15) is 22.3 Å². The molecule has 198 valence electrons. The Kier molecular flexibility index (Phi) is 8.75. The van der Waals surface area contributed by atoms with Crippen LogP contribution in [0.4, 0.5) is 22.5 Å². The number of phosphoric acid groups is 1. The number of hydrogen-bond donors (Lipinski definition) is 4. The van der Waals surface area contributed by atoms with Crippen molar-refractivity contribution in [3.63, 3.8) is 0 Å². The molecular weight excluding hydrogens is 541 g/mol. The maximum atomic E-state index is 12.7. The topological polar surface area (TPSA) is 153 Å². The number of amides is 1. The predicted octanol–water partition coefficient (Wildman–Crippen LogP) is 3.43. The lowest BCUT2D eigenvalue weighted by molar-refractivity contribution is 0.103. The second kappa shape index (κ2) is 11.8. The first-order chi connectivity index (χ1) is 17.6.